The monoisotopic (exact) mass is 454 g/mol. The molecule has 3 N–H and O–H groups in total. The number of carbonyl (C=O) groups is 1. The van der Waals surface area contributed by atoms with Crippen molar-refractivity contribution >= 4 is 33.1 Å². The van der Waals surface area contributed by atoms with E-state index in [0.29, 0.717) is 35.5 Å². The first-order valence-corrected chi connectivity index (χ1v) is 11.7. The number of thiophene rings is 1. The summed E-state index contributed by atoms with van der Waals surface area (Å²) in [6.07, 6.45) is 2.38. The molecule has 1 unspecified atom stereocenters. The zero-order chi connectivity index (χ0) is 22.7. The fourth-order valence-electron chi connectivity index (χ4n) is 4.14. The number of methoxy groups -OCH3 is 1. The molecule has 3 aromatic rings. The van der Waals surface area contributed by atoms with Gasteiger partial charge in [0.15, 0.2) is 0 Å². The zero-order valence-corrected chi connectivity index (χ0v) is 19.6. The summed E-state index contributed by atoms with van der Waals surface area (Å²) in [5.41, 5.74) is 8.78. The number of nitrogens with zero attached hydrogens (tertiary/aromatic N) is 2. The summed E-state index contributed by atoms with van der Waals surface area (Å²) in [6, 6.07) is 9.50. The number of ether oxygens (including phenoxy) is 2. The molecule has 7 nitrogen and oxygen atoms in total. The lowest BCUT2D eigenvalue weighted by Crippen LogP contribution is -2.34. The number of nitrogens with one attached hydrogen (secondary N) is 1. The minimum absolute atomic E-state index is 0.201. The highest BCUT2D eigenvalue weighted by molar-refractivity contribution is 7.21. The van der Waals surface area contributed by atoms with Crippen LogP contribution >= 0.6 is 11.3 Å². The molecule has 1 atom stereocenters. The lowest BCUT2D eigenvalue weighted by atomic mass is 10.00. The SMILES string of the molecule is COc1ccc(CNC(=O)c2sc3nc(OCC4CCCN(C)C4)cc(C)c3c2N)cc1. The van der Waals surface area contributed by atoms with E-state index in [0.717, 1.165) is 40.2 Å². The Bertz CT molecular complexity index is 1100. The largest absolute Gasteiger partial charge is 0.497 e. The molecule has 0 saturated carbocycles. The number of hydrogen-bond donors (Lipinski definition) is 2. The van der Waals surface area contributed by atoms with E-state index in [9.17, 15) is 4.79 Å². The molecular formula is C24H30N4O3S. The van der Waals surface area contributed by atoms with Crippen molar-refractivity contribution in [2.45, 2.75) is 26.3 Å². The summed E-state index contributed by atoms with van der Waals surface area (Å²) in [7, 11) is 3.78. The van der Waals surface area contributed by atoms with Crippen LogP contribution in [0.4, 0.5) is 5.69 Å². The Balaban J connectivity index is 1.45. The maximum Gasteiger partial charge on any atom is 0.263 e. The Hall–Kier alpha value is -2.84. The quantitative estimate of drug-likeness (QED) is 0.564. The van der Waals surface area contributed by atoms with Crippen LogP contribution in [0.2, 0.25) is 0 Å². The van der Waals surface area contributed by atoms with E-state index >= 15 is 0 Å². The van der Waals surface area contributed by atoms with Gasteiger partial charge in [-0.05, 0) is 56.6 Å². The molecule has 1 saturated heterocycles. The lowest BCUT2D eigenvalue weighted by molar-refractivity contribution is 0.0956. The van der Waals surface area contributed by atoms with Crippen LogP contribution < -0.4 is 20.5 Å². The normalized spacial score (nSPS) is 16.8. The number of anilines is 1. The third kappa shape index (κ3) is 4.97. The van der Waals surface area contributed by atoms with Gasteiger partial charge < -0.3 is 25.4 Å². The number of pyridine rings is 1. The number of aryl methyl sites for hydroxylation is 1. The van der Waals surface area contributed by atoms with Crippen LogP contribution in [0.5, 0.6) is 11.6 Å². The van der Waals surface area contributed by atoms with Crippen LogP contribution in [0, 0.1) is 12.8 Å². The molecule has 1 aliphatic heterocycles. The van der Waals surface area contributed by atoms with E-state index in [2.05, 4.69) is 22.2 Å². The molecule has 3 heterocycles. The van der Waals surface area contributed by atoms with Crippen molar-refractivity contribution < 1.29 is 14.3 Å². The Morgan fingerprint density at radius 3 is 2.84 bits per heavy atom. The van der Waals surface area contributed by atoms with Gasteiger partial charge in [-0.1, -0.05) is 12.1 Å². The van der Waals surface area contributed by atoms with Crippen LogP contribution in [0.3, 0.4) is 0 Å². The molecule has 1 fully saturated rings. The number of carbonyl (C=O) groups excluding carboxylic acids is 1. The lowest BCUT2D eigenvalue weighted by Gasteiger charge is -2.29. The molecule has 1 amide bonds. The molecule has 0 radical (unpaired) electrons. The topological polar surface area (TPSA) is 89.7 Å². The number of aromatic nitrogens is 1. The van der Waals surface area contributed by atoms with E-state index < -0.39 is 0 Å². The average Bonchev–Trinajstić information content (AvgIpc) is 3.13. The summed E-state index contributed by atoms with van der Waals surface area (Å²) in [5, 5.41) is 3.78. The fraction of sp³-hybridized carbons (Fsp3) is 0.417. The predicted octanol–water partition coefficient (Wildman–Crippen LogP) is 3.85. The second kappa shape index (κ2) is 9.75. The van der Waals surface area contributed by atoms with Crippen LogP contribution in [0.15, 0.2) is 30.3 Å². The van der Waals surface area contributed by atoms with Crippen molar-refractivity contribution in [3.8, 4) is 11.6 Å². The third-order valence-corrected chi connectivity index (χ3v) is 6.98. The Morgan fingerprint density at radius 1 is 1.34 bits per heavy atom. The molecule has 1 aliphatic rings. The van der Waals surface area contributed by atoms with Gasteiger partial charge in [0.1, 0.15) is 15.5 Å². The molecule has 2 aromatic heterocycles. The Kier molecular flexibility index (Phi) is 6.81. The summed E-state index contributed by atoms with van der Waals surface area (Å²) >= 11 is 1.31. The van der Waals surface area contributed by atoms with Gasteiger partial charge in [-0.3, -0.25) is 4.79 Å². The number of fused-ring (bicyclic) bond motifs is 1. The summed E-state index contributed by atoms with van der Waals surface area (Å²) < 4.78 is 11.2. The van der Waals surface area contributed by atoms with E-state index in [1.807, 2.05) is 37.3 Å². The first kappa shape index (κ1) is 22.4. The van der Waals surface area contributed by atoms with E-state index in [1.54, 1.807) is 7.11 Å². The molecular weight excluding hydrogens is 424 g/mol. The van der Waals surface area contributed by atoms with Crippen LogP contribution in [-0.2, 0) is 6.54 Å². The summed E-state index contributed by atoms with van der Waals surface area (Å²) in [5.74, 6) is 1.69. The van der Waals surface area contributed by atoms with Crippen LogP contribution in [0.1, 0.15) is 33.6 Å². The van der Waals surface area contributed by atoms with Crippen LogP contribution in [0.25, 0.3) is 10.2 Å². The number of piperidine rings is 1. The van der Waals surface area contributed by atoms with Crippen molar-refractivity contribution in [3.05, 3.63) is 46.3 Å². The van der Waals surface area contributed by atoms with Gasteiger partial charge in [0.2, 0.25) is 5.88 Å². The fourth-order valence-corrected chi connectivity index (χ4v) is 5.22. The highest BCUT2D eigenvalue weighted by Crippen LogP contribution is 2.36. The number of amides is 1. The number of nitrogens with two attached hydrogens (primary N) is 1. The van der Waals surface area contributed by atoms with Gasteiger partial charge in [-0.25, -0.2) is 4.98 Å². The summed E-state index contributed by atoms with van der Waals surface area (Å²) in [4.78, 5) is 21.0. The maximum absolute atomic E-state index is 12.8. The van der Waals surface area contributed by atoms with Crippen molar-refractivity contribution in [2.75, 3.05) is 39.6 Å². The number of benzene rings is 1. The summed E-state index contributed by atoms with van der Waals surface area (Å²) in [6.45, 7) is 5.24. The molecule has 4 rings (SSSR count). The van der Waals surface area contributed by atoms with Gasteiger partial charge in [-0.15, -0.1) is 11.3 Å². The predicted molar refractivity (Wildman–Crippen MR) is 129 cm³/mol. The van der Waals surface area contributed by atoms with Crippen LogP contribution in [-0.4, -0.2) is 49.6 Å². The van der Waals surface area contributed by atoms with Gasteiger partial charge in [0, 0.05) is 30.5 Å². The molecule has 1 aromatic carbocycles. The minimum atomic E-state index is -0.201. The van der Waals surface area contributed by atoms with Gasteiger partial charge >= 0.3 is 0 Å². The van der Waals surface area contributed by atoms with Gasteiger partial charge in [0.25, 0.3) is 5.91 Å². The molecule has 0 spiro atoms. The van der Waals surface area contributed by atoms with Crippen molar-refractivity contribution in [1.29, 1.82) is 0 Å². The Morgan fingerprint density at radius 2 is 2.12 bits per heavy atom. The third-order valence-electron chi connectivity index (χ3n) is 5.88. The highest BCUT2D eigenvalue weighted by atomic mass is 32.1. The van der Waals surface area contributed by atoms with Gasteiger partial charge in [0.05, 0.1) is 19.4 Å². The van der Waals surface area contributed by atoms with Crippen molar-refractivity contribution in [3.63, 3.8) is 0 Å². The number of nitrogen functional groups attached to an aromatic ring is 1. The van der Waals surface area contributed by atoms with E-state index in [1.165, 1.54) is 24.2 Å². The molecule has 0 bridgehead atoms. The first-order valence-electron chi connectivity index (χ1n) is 10.9. The first-order chi connectivity index (χ1) is 15.4. The zero-order valence-electron chi connectivity index (χ0n) is 18.8. The molecule has 32 heavy (non-hydrogen) atoms. The molecule has 8 heteroatoms. The molecule has 0 aliphatic carbocycles. The van der Waals surface area contributed by atoms with Gasteiger partial charge in [-0.2, -0.15) is 0 Å². The Labute approximate surface area is 192 Å². The number of hydrogen-bond acceptors (Lipinski definition) is 7. The standard InChI is InChI=1S/C24H30N4O3S/c1-15-11-19(31-14-17-5-4-10-28(2)13-17)27-24-20(15)21(25)22(32-24)23(29)26-12-16-6-8-18(30-3)9-7-16/h6-9,11,17H,4-5,10,12-14,25H2,1-3H3,(H,26,29). The minimum Gasteiger partial charge on any atom is -0.497 e. The maximum atomic E-state index is 12.8. The van der Waals surface area contributed by atoms with E-state index in [4.69, 9.17) is 15.2 Å². The smallest absolute Gasteiger partial charge is 0.263 e. The highest BCUT2D eigenvalue weighted by Gasteiger charge is 2.21. The van der Waals surface area contributed by atoms with E-state index in [-0.39, 0.29) is 5.91 Å². The number of likely N-dealkylation sites (tertiary alicyclic amines) is 1. The van der Waals surface area contributed by atoms with Crippen molar-refractivity contribution in [2.24, 2.45) is 5.92 Å². The molecule has 170 valence electrons. The number of rotatable bonds is 7. The second-order valence-electron chi connectivity index (χ2n) is 8.41. The van der Waals surface area contributed by atoms with Crippen molar-refractivity contribution in [1.82, 2.24) is 15.2 Å². The average molecular weight is 455 g/mol. The second-order valence-corrected chi connectivity index (χ2v) is 9.41.